The fraction of sp³-hybridized carbons (Fsp3) is 0.870. The summed E-state index contributed by atoms with van der Waals surface area (Å²) >= 11 is 0. The minimum absolute atomic E-state index is 0.0403. The predicted octanol–water partition coefficient (Wildman–Crippen LogP) is 4.45. The van der Waals surface area contributed by atoms with Gasteiger partial charge in [0.15, 0.2) is 0 Å². The summed E-state index contributed by atoms with van der Waals surface area (Å²) in [5.74, 6) is 1.22. The lowest BCUT2D eigenvalue weighted by Gasteiger charge is -2.62. The molecule has 4 aliphatic rings. The summed E-state index contributed by atoms with van der Waals surface area (Å²) in [7, 11) is 0. The molecule has 4 aliphatic carbocycles. The van der Waals surface area contributed by atoms with Gasteiger partial charge in [0, 0.05) is 11.8 Å². The van der Waals surface area contributed by atoms with E-state index in [4.69, 9.17) is 0 Å². The van der Waals surface area contributed by atoms with E-state index in [1.807, 2.05) is 6.92 Å². The Kier molecular flexibility index (Phi) is 4.14. The maximum atomic E-state index is 11.0. The summed E-state index contributed by atoms with van der Waals surface area (Å²) in [6.07, 6.45) is 9.01. The summed E-state index contributed by atoms with van der Waals surface area (Å²) < 4.78 is 0. The number of nitriles is 1. The van der Waals surface area contributed by atoms with Crippen LogP contribution in [0.1, 0.15) is 72.6 Å². The average Bonchev–Trinajstić information content (AvgIpc) is 2.80. The first-order chi connectivity index (χ1) is 12.2. The van der Waals surface area contributed by atoms with E-state index in [0.717, 1.165) is 38.5 Å². The Morgan fingerprint density at radius 2 is 1.85 bits per heavy atom. The first kappa shape index (κ1) is 18.5. The topological polar surface area (TPSA) is 64.2 Å². The fourth-order valence-corrected chi connectivity index (χ4v) is 8.11. The van der Waals surface area contributed by atoms with E-state index in [1.165, 1.54) is 12.0 Å². The molecule has 3 saturated carbocycles. The zero-order chi connectivity index (χ0) is 18.9. The molecule has 0 radical (unpaired) electrons. The van der Waals surface area contributed by atoms with Crippen molar-refractivity contribution in [1.82, 2.24) is 0 Å². The summed E-state index contributed by atoms with van der Waals surface area (Å²) in [5, 5.41) is 30.7. The molecule has 2 N–H and O–H groups in total. The Morgan fingerprint density at radius 3 is 2.54 bits per heavy atom. The van der Waals surface area contributed by atoms with Crippen molar-refractivity contribution in [2.24, 2.45) is 39.9 Å². The molecule has 144 valence electrons. The van der Waals surface area contributed by atoms with Crippen molar-refractivity contribution in [3.05, 3.63) is 11.6 Å². The van der Waals surface area contributed by atoms with Crippen LogP contribution in [-0.2, 0) is 0 Å². The van der Waals surface area contributed by atoms with Gasteiger partial charge in [-0.2, -0.15) is 5.26 Å². The van der Waals surface area contributed by atoms with Crippen molar-refractivity contribution in [3.63, 3.8) is 0 Å². The second-order valence-corrected chi connectivity index (χ2v) is 10.6. The van der Waals surface area contributed by atoms with Gasteiger partial charge in [-0.1, -0.05) is 32.4 Å². The highest BCUT2D eigenvalue weighted by atomic mass is 16.3. The third-order valence-corrected chi connectivity index (χ3v) is 9.73. The third-order valence-electron chi connectivity index (χ3n) is 9.73. The predicted molar refractivity (Wildman–Crippen MR) is 102 cm³/mol. The maximum absolute atomic E-state index is 11.0. The Balaban J connectivity index is 1.74. The van der Waals surface area contributed by atoms with Gasteiger partial charge in [-0.05, 0) is 80.0 Å². The quantitative estimate of drug-likeness (QED) is 0.682. The first-order valence-corrected chi connectivity index (χ1v) is 10.6. The number of hydrogen-bond donors (Lipinski definition) is 2. The van der Waals surface area contributed by atoms with Crippen LogP contribution in [-0.4, -0.2) is 22.4 Å². The van der Waals surface area contributed by atoms with Gasteiger partial charge in [0.2, 0.25) is 0 Å². The lowest BCUT2D eigenvalue weighted by Crippen LogP contribution is -2.55. The summed E-state index contributed by atoms with van der Waals surface area (Å²) in [4.78, 5) is 0. The molecule has 0 amide bonds. The Labute approximate surface area is 158 Å². The molecule has 3 nitrogen and oxygen atoms in total. The number of fused-ring (bicyclic) bond motifs is 5. The third kappa shape index (κ3) is 2.18. The molecule has 0 aliphatic heterocycles. The van der Waals surface area contributed by atoms with Crippen LogP contribution >= 0.6 is 0 Å². The molecule has 0 aromatic rings. The van der Waals surface area contributed by atoms with E-state index >= 15 is 0 Å². The van der Waals surface area contributed by atoms with Gasteiger partial charge < -0.3 is 10.2 Å². The summed E-state index contributed by atoms with van der Waals surface area (Å²) in [6.45, 7) is 9.22. The highest BCUT2D eigenvalue weighted by Gasteiger charge is 2.67. The summed E-state index contributed by atoms with van der Waals surface area (Å²) in [6, 6.07) is 2.44. The van der Waals surface area contributed by atoms with Crippen molar-refractivity contribution in [3.8, 4) is 6.07 Å². The highest BCUT2D eigenvalue weighted by molar-refractivity contribution is 5.27. The van der Waals surface area contributed by atoms with Gasteiger partial charge in [0.1, 0.15) is 0 Å². The molecule has 0 aromatic carbocycles. The van der Waals surface area contributed by atoms with Gasteiger partial charge in [-0.3, -0.25) is 0 Å². The molecule has 26 heavy (non-hydrogen) atoms. The molecular formula is C23H35NO2. The monoisotopic (exact) mass is 357 g/mol. The highest BCUT2D eigenvalue weighted by Crippen LogP contribution is 2.72. The van der Waals surface area contributed by atoms with Gasteiger partial charge >= 0.3 is 0 Å². The number of rotatable bonds is 1. The number of nitrogens with zero attached hydrogens (tertiary/aromatic N) is 1. The SMILES string of the molecule is C[C@H](C#N)[C@H]1[C@@H](O)C[C@@]2(C)C3CC=C4C[C@@H](O)CC[C@]4(C)C3CC[C@]12C. The van der Waals surface area contributed by atoms with Gasteiger partial charge in [-0.15, -0.1) is 0 Å². The lowest BCUT2D eigenvalue weighted by molar-refractivity contribution is -0.112. The molecule has 3 fully saturated rings. The molecule has 0 spiro atoms. The van der Waals surface area contributed by atoms with Gasteiger partial charge in [0.25, 0.3) is 0 Å². The Bertz CT molecular complexity index is 666. The molecule has 0 heterocycles. The molecule has 0 bridgehead atoms. The lowest BCUT2D eigenvalue weighted by atomic mass is 9.42. The molecule has 3 heteroatoms. The van der Waals surface area contributed by atoms with Crippen molar-refractivity contribution in [2.45, 2.75) is 84.8 Å². The van der Waals surface area contributed by atoms with Crippen molar-refractivity contribution < 1.29 is 10.2 Å². The maximum Gasteiger partial charge on any atom is 0.0657 e. The molecule has 9 atom stereocenters. The Hall–Kier alpha value is -0.850. The average molecular weight is 358 g/mol. The van der Waals surface area contributed by atoms with Crippen LogP contribution < -0.4 is 0 Å². The summed E-state index contributed by atoms with van der Waals surface area (Å²) in [5.41, 5.74) is 1.84. The van der Waals surface area contributed by atoms with E-state index in [0.29, 0.717) is 11.8 Å². The van der Waals surface area contributed by atoms with Crippen molar-refractivity contribution in [2.75, 3.05) is 0 Å². The standard InChI is InChI=1S/C23H35NO2/c1-14(13-24)20-19(26)12-23(4)18-6-5-15-11-16(25)7-9-21(15,2)17(18)8-10-22(20,23)3/h5,14,16-20,25-26H,6-12H2,1-4H3/t14-,16+,17?,18?,19+,20+,21+,22-,23+/m1/s1. The van der Waals surface area contributed by atoms with Gasteiger partial charge in [-0.25, -0.2) is 0 Å². The van der Waals surface area contributed by atoms with E-state index in [-0.39, 0.29) is 40.3 Å². The van der Waals surface area contributed by atoms with E-state index in [1.54, 1.807) is 0 Å². The number of hydrogen-bond acceptors (Lipinski definition) is 3. The molecule has 0 saturated heterocycles. The zero-order valence-electron chi connectivity index (χ0n) is 16.8. The van der Waals surface area contributed by atoms with Crippen LogP contribution in [0.3, 0.4) is 0 Å². The smallest absolute Gasteiger partial charge is 0.0657 e. The molecule has 0 aromatic heterocycles. The van der Waals surface area contributed by atoms with E-state index < -0.39 is 0 Å². The van der Waals surface area contributed by atoms with Crippen LogP contribution in [0.15, 0.2) is 11.6 Å². The van der Waals surface area contributed by atoms with Gasteiger partial charge in [0.05, 0.1) is 18.3 Å². The van der Waals surface area contributed by atoms with Crippen LogP contribution in [0.2, 0.25) is 0 Å². The second kappa shape index (κ2) is 5.82. The second-order valence-electron chi connectivity index (χ2n) is 10.6. The number of aliphatic hydroxyl groups excluding tert-OH is 2. The minimum Gasteiger partial charge on any atom is -0.393 e. The first-order valence-electron chi connectivity index (χ1n) is 10.6. The van der Waals surface area contributed by atoms with Crippen LogP contribution in [0.25, 0.3) is 0 Å². The molecular weight excluding hydrogens is 322 g/mol. The number of allylic oxidation sites excluding steroid dienone is 1. The number of aliphatic hydroxyl groups is 2. The van der Waals surface area contributed by atoms with E-state index in [9.17, 15) is 15.5 Å². The van der Waals surface area contributed by atoms with Crippen molar-refractivity contribution >= 4 is 0 Å². The van der Waals surface area contributed by atoms with Crippen LogP contribution in [0.5, 0.6) is 0 Å². The molecule has 2 unspecified atom stereocenters. The zero-order valence-corrected chi connectivity index (χ0v) is 16.8. The minimum atomic E-state index is -0.357. The van der Waals surface area contributed by atoms with E-state index in [2.05, 4.69) is 32.9 Å². The largest absolute Gasteiger partial charge is 0.393 e. The van der Waals surface area contributed by atoms with Crippen molar-refractivity contribution in [1.29, 1.82) is 5.26 Å². The van der Waals surface area contributed by atoms with Crippen LogP contribution in [0, 0.1) is 51.2 Å². The van der Waals surface area contributed by atoms with Crippen LogP contribution in [0.4, 0.5) is 0 Å². The molecule has 4 rings (SSSR count). The Morgan fingerprint density at radius 1 is 1.12 bits per heavy atom. The fourth-order valence-electron chi connectivity index (χ4n) is 8.11. The normalized spacial score (nSPS) is 54.3.